The summed E-state index contributed by atoms with van der Waals surface area (Å²) in [5, 5.41) is 0. The predicted octanol–water partition coefficient (Wildman–Crippen LogP) is 3.79. The lowest BCUT2D eigenvalue weighted by Crippen LogP contribution is -2.38. The minimum atomic E-state index is 0.117. The summed E-state index contributed by atoms with van der Waals surface area (Å²) in [7, 11) is 0. The van der Waals surface area contributed by atoms with E-state index in [1.54, 1.807) is 0 Å². The van der Waals surface area contributed by atoms with Gasteiger partial charge in [-0.15, -0.1) is 0 Å². The number of nitrogens with zero attached hydrogens (tertiary/aromatic N) is 1. The minimum Gasteiger partial charge on any atom is -0.329 e. The van der Waals surface area contributed by atoms with Crippen molar-refractivity contribution in [1.29, 1.82) is 0 Å². The number of benzene rings is 2. The van der Waals surface area contributed by atoms with Gasteiger partial charge in [0.25, 0.3) is 0 Å². The lowest BCUT2D eigenvalue weighted by Gasteiger charge is -2.34. The van der Waals surface area contributed by atoms with E-state index in [4.69, 9.17) is 5.73 Å². The molecule has 116 valence electrons. The molecule has 2 nitrogen and oxygen atoms in total. The number of hydrogen-bond donors (Lipinski definition) is 1. The highest BCUT2D eigenvalue weighted by Gasteiger charge is 2.33. The normalized spacial score (nSPS) is 18.5. The van der Waals surface area contributed by atoms with Crippen molar-refractivity contribution >= 4 is 0 Å². The zero-order valence-corrected chi connectivity index (χ0v) is 13.8. The highest BCUT2D eigenvalue weighted by molar-refractivity contribution is 5.38. The molecule has 0 spiro atoms. The van der Waals surface area contributed by atoms with Gasteiger partial charge in [-0.2, -0.15) is 0 Å². The van der Waals surface area contributed by atoms with E-state index >= 15 is 0 Å². The van der Waals surface area contributed by atoms with Crippen molar-refractivity contribution in [2.75, 3.05) is 13.1 Å². The third-order valence-electron chi connectivity index (χ3n) is 4.85. The molecule has 22 heavy (non-hydrogen) atoms. The Labute approximate surface area is 134 Å². The Bertz CT molecular complexity index is 646. The number of hydrogen-bond acceptors (Lipinski definition) is 2. The van der Waals surface area contributed by atoms with Gasteiger partial charge in [-0.05, 0) is 23.6 Å². The topological polar surface area (TPSA) is 29.3 Å². The molecule has 0 saturated heterocycles. The Morgan fingerprint density at radius 1 is 1.14 bits per heavy atom. The highest BCUT2D eigenvalue weighted by Crippen LogP contribution is 2.36. The van der Waals surface area contributed by atoms with Crippen molar-refractivity contribution < 1.29 is 0 Å². The molecule has 0 amide bonds. The molecule has 0 bridgehead atoms. The van der Waals surface area contributed by atoms with Crippen molar-refractivity contribution in [3.8, 4) is 0 Å². The summed E-state index contributed by atoms with van der Waals surface area (Å²) < 4.78 is 0. The van der Waals surface area contributed by atoms with Gasteiger partial charge in [-0.3, -0.25) is 4.90 Å². The molecule has 1 heterocycles. The first-order chi connectivity index (χ1) is 10.5. The summed E-state index contributed by atoms with van der Waals surface area (Å²) in [6, 6.07) is 17.9. The maximum absolute atomic E-state index is 6.10. The van der Waals surface area contributed by atoms with Crippen LogP contribution in [-0.2, 0) is 12.0 Å². The Kier molecular flexibility index (Phi) is 4.07. The lowest BCUT2D eigenvalue weighted by molar-refractivity contribution is 0.179. The SMILES string of the molecule is Cc1ccc2c(c1)C(CN)N(CC(C)(C)c1ccccc1)C2. The molecular weight excluding hydrogens is 268 g/mol. The Hall–Kier alpha value is -1.64. The van der Waals surface area contributed by atoms with Crippen LogP contribution in [0.5, 0.6) is 0 Å². The van der Waals surface area contributed by atoms with E-state index < -0.39 is 0 Å². The van der Waals surface area contributed by atoms with Crippen LogP contribution in [0.15, 0.2) is 48.5 Å². The van der Waals surface area contributed by atoms with Crippen molar-refractivity contribution in [3.05, 3.63) is 70.8 Å². The fourth-order valence-corrected chi connectivity index (χ4v) is 3.62. The summed E-state index contributed by atoms with van der Waals surface area (Å²) in [6.07, 6.45) is 0. The number of nitrogens with two attached hydrogens (primary N) is 1. The van der Waals surface area contributed by atoms with Crippen LogP contribution in [-0.4, -0.2) is 18.0 Å². The highest BCUT2D eigenvalue weighted by atomic mass is 15.2. The monoisotopic (exact) mass is 294 g/mol. The summed E-state index contributed by atoms with van der Waals surface area (Å²) in [6.45, 7) is 9.51. The zero-order chi connectivity index (χ0) is 15.7. The van der Waals surface area contributed by atoms with E-state index in [1.807, 2.05) is 0 Å². The van der Waals surface area contributed by atoms with Gasteiger partial charge in [-0.25, -0.2) is 0 Å². The smallest absolute Gasteiger partial charge is 0.0477 e. The average Bonchev–Trinajstić information content (AvgIpc) is 2.83. The number of rotatable bonds is 4. The van der Waals surface area contributed by atoms with Crippen LogP contribution in [0, 0.1) is 6.92 Å². The molecule has 1 atom stereocenters. The summed E-state index contributed by atoms with van der Waals surface area (Å²) in [5.74, 6) is 0. The van der Waals surface area contributed by atoms with Gasteiger partial charge in [0.05, 0.1) is 0 Å². The largest absolute Gasteiger partial charge is 0.329 e. The molecule has 1 unspecified atom stereocenters. The predicted molar refractivity (Wildman–Crippen MR) is 92.9 cm³/mol. The van der Waals surface area contributed by atoms with E-state index in [1.165, 1.54) is 22.3 Å². The van der Waals surface area contributed by atoms with E-state index in [2.05, 4.69) is 74.2 Å². The Morgan fingerprint density at radius 3 is 2.55 bits per heavy atom. The van der Waals surface area contributed by atoms with Crippen LogP contribution >= 0.6 is 0 Å². The second-order valence-electron chi connectivity index (χ2n) is 7.11. The molecule has 2 N–H and O–H groups in total. The van der Waals surface area contributed by atoms with E-state index in [-0.39, 0.29) is 5.41 Å². The molecule has 2 heteroatoms. The van der Waals surface area contributed by atoms with E-state index in [9.17, 15) is 0 Å². The second kappa shape index (κ2) is 5.86. The zero-order valence-electron chi connectivity index (χ0n) is 13.8. The van der Waals surface area contributed by atoms with Crippen LogP contribution in [0.2, 0.25) is 0 Å². The fourth-order valence-electron chi connectivity index (χ4n) is 3.62. The first-order valence-corrected chi connectivity index (χ1v) is 8.10. The second-order valence-corrected chi connectivity index (χ2v) is 7.11. The molecule has 0 fully saturated rings. The molecule has 1 aliphatic rings. The molecule has 0 aliphatic carbocycles. The third-order valence-corrected chi connectivity index (χ3v) is 4.85. The average molecular weight is 294 g/mol. The van der Waals surface area contributed by atoms with Crippen LogP contribution < -0.4 is 5.73 Å². The number of fused-ring (bicyclic) bond motifs is 1. The van der Waals surface area contributed by atoms with Crippen molar-refractivity contribution in [2.24, 2.45) is 5.73 Å². The lowest BCUT2D eigenvalue weighted by atomic mass is 9.84. The van der Waals surface area contributed by atoms with Gasteiger partial charge >= 0.3 is 0 Å². The van der Waals surface area contributed by atoms with Gasteiger partial charge in [0.15, 0.2) is 0 Å². The van der Waals surface area contributed by atoms with Gasteiger partial charge in [0, 0.05) is 31.1 Å². The maximum Gasteiger partial charge on any atom is 0.0477 e. The molecule has 0 radical (unpaired) electrons. The molecule has 0 saturated carbocycles. The summed E-state index contributed by atoms with van der Waals surface area (Å²) in [5.41, 5.74) is 11.8. The molecule has 3 rings (SSSR count). The van der Waals surface area contributed by atoms with Crippen LogP contribution in [0.3, 0.4) is 0 Å². The Morgan fingerprint density at radius 2 is 1.86 bits per heavy atom. The molecule has 0 aromatic heterocycles. The van der Waals surface area contributed by atoms with Crippen molar-refractivity contribution in [2.45, 2.75) is 38.8 Å². The first-order valence-electron chi connectivity index (χ1n) is 8.10. The minimum absolute atomic E-state index is 0.117. The molecular formula is C20H26N2. The molecule has 1 aliphatic heterocycles. The number of aryl methyl sites for hydroxylation is 1. The summed E-state index contributed by atoms with van der Waals surface area (Å²) >= 11 is 0. The van der Waals surface area contributed by atoms with Crippen LogP contribution in [0.1, 0.15) is 42.1 Å². The fraction of sp³-hybridized carbons (Fsp3) is 0.400. The third kappa shape index (κ3) is 2.81. The quantitative estimate of drug-likeness (QED) is 0.929. The standard InChI is InChI=1S/C20H26N2/c1-15-9-10-16-13-22(19(12-21)18(16)11-15)14-20(2,3)17-7-5-4-6-8-17/h4-11,19H,12-14,21H2,1-3H3. The molecule has 2 aromatic rings. The Balaban J connectivity index is 1.85. The van der Waals surface area contributed by atoms with Gasteiger partial charge in [-0.1, -0.05) is 67.9 Å². The molecule has 2 aromatic carbocycles. The van der Waals surface area contributed by atoms with Gasteiger partial charge < -0.3 is 5.73 Å². The van der Waals surface area contributed by atoms with Crippen LogP contribution in [0.4, 0.5) is 0 Å². The van der Waals surface area contributed by atoms with Crippen LogP contribution in [0.25, 0.3) is 0 Å². The van der Waals surface area contributed by atoms with Crippen molar-refractivity contribution in [1.82, 2.24) is 4.90 Å². The first kappa shape index (κ1) is 15.3. The van der Waals surface area contributed by atoms with Gasteiger partial charge in [0.1, 0.15) is 0 Å². The van der Waals surface area contributed by atoms with E-state index in [0.29, 0.717) is 12.6 Å². The summed E-state index contributed by atoms with van der Waals surface area (Å²) in [4.78, 5) is 2.54. The van der Waals surface area contributed by atoms with Crippen molar-refractivity contribution in [3.63, 3.8) is 0 Å². The maximum atomic E-state index is 6.10. The van der Waals surface area contributed by atoms with E-state index in [0.717, 1.165) is 13.1 Å². The van der Waals surface area contributed by atoms with Gasteiger partial charge in [0.2, 0.25) is 0 Å².